The van der Waals surface area contributed by atoms with Crippen LogP contribution in [-0.4, -0.2) is 61.3 Å². The Morgan fingerprint density at radius 2 is 1.53 bits per heavy atom. The van der Waals surface area contributed by atoms with Crippen LogP contribution in [0.5, 0.6) is 0 Å². The molecule has 0 unspecified atom stereocenters. The van der Waals surface area contributed by atoms with Crippen LogP contribution in [0.15, 0.2) is 0 Å². The summed E-state index contributed by atoms with van der Waals surface area (Å²) in [6.45, 7) is 15.4. The third-order valence-electron chi connectivity index (χ3n) is 3.22. The van der Waals surface area contributed by atoms with Crippen LogP contribution < -0.4 is 0 Å². The van der Waals surface area contributed by atoms with Crippen molar-refractivity contribution in [2.75, 3.05) is 39.4 Å². The second-order valence-electron chi connectivity index (χ2n) is 4.36. The number of hydrogen-bond acceptors (Lipinski definition) is 3. The van der Waals surface area contributed by atoms with Crippen molar-refractivity contribution in [3.8, 4) is 0 Å². The molecule has 0 aromatic heterocycles. The summed E-state index contributed by atoms with van der Waals surface area (Å²) >= 11 is 0. The summed E-state index contributed by atoms with van der Waals surface area (Å²) in [5, 5.41) is 0. The predicted molar refractivity (Wildman–Crippen MR) is 64.2 cm³/mol. The van der Waals surface area contributed by atoms with Gasteiger partial charge in [-0.05, 0) is 13.8 Å². The fourth-order valence-electron chi connectivity index (χ4n) is 2.05. The highest BCUT2D eigenvalue weighted by atomic mass is 16.5. The van der Waals surface area contributed by atoms with E-state index in [4.69, 9.17) is 4.74 Å². The maximum absolute atomic E-state index is 5.21. The summed E-state index contributed by atoms with van der Waals surface area (Å²) in [5.74, 6) is 0. The van der Waals surface area contributed by atoms with Gasteiger partial charge in [-0.25, -0.2) is 0 Å². The predicted octanol–water partition coefficient (Wildman–Crippen LogP) is 1.44. The summed E-state index contributed by atoms with van der Waals surface area (Å²) in [4.78, 5) is 5.12. The van der Waals surface area contributed by atoms with Crippen LogP contribution in [-0.2, 0) is 4.74 Å². The van der Waals surface area contributed by atoms with Gasteiger partial charge in [0.1, 0.15) is 0 Å². The Hall–Kier alpha value is -0.120. The van der Waals surface area contributed by atoms with Crippen molar-refractivity contribution in [1.82, 2.24) is 9.80 Å². The van der Waals surface area contributed by atoms with Crippen LogP contribution in [0.1, 0.15) is 27.7 Å². The second-order valence-corrected chi connectivity index (χ2v) is 4.36. The first kappa shape index (κ1) is 12.9. The molecule has 0 spiro atoms. The molecule has 15 heavy (non-hydrogen) atoms. The van der Waals surface area contributed by atoms with Crippen molar-refractivity contribution in [2.24, 2.45) is 0 Å². The summed E-state index contributed by atoms with van der Waals surface area (Å²) in [7, 11) is 0. The number of hydrogen-bond donors (Lipinski definition) is 0. The first-order chi connectivity index (χ1) is 7.27. The van der Waals surface area contributed by atoms with Gasteiger partial charge in [0.2, 0.25) is 0 Å². The fourth-order valence-corrected chi connectivity index (χ4v) is 2.05. The number of piperazine rings is 1. The number of nitrogens with zero attached hydrogens (tertiary/aromatic N) is 2. The summed E-state index contributed by atoms with van der Waals surface area (Å²) in [5.41, 5.74) is 0. The Morgan fingerprint density at radius 1 is 1.00 bits per heavy atom. The zero-order chi connectivity index (χ0) is 11.3. The topological polar surface area (TPSA) is 15.7 Å². The molecule has 2 aliphatic heterocycles. The van der Waals surface area contributed by atoms with Gasteiger partial charge < -0.3 is 4.74 Å². The lowest BCUT2D eigenvalue weighted by Crippen LogP contribution is -2.57. The van der Waals surface area contributed by atoms with Gasteiger partial charge in [-0.15, -0.1) is 0 Å². The minimum Gasteiger partial charge on any atom is -0.378 e. The summed E-state index contributed by atoms with van der Waals surface area (Å²) < 4.78 is 5.21. The van der Waals surface area contributed by atoms with Crippen LogP contribution in [0.4, 0.5) is 0 Å². The smallest absolute Gasteiger partial charge is 0.0645 e. The maximum atomic E-state index is 5.21. The molecule has 0 bridgehead atoms. The van der Waals surface area contributed by atoms with Crippen molar-refractivity contribution >= 4 is 0 Å². The van der Waals surface area contributed by atoms with E-state index in [1.54, 1.807) is 0 Å². The van der Waals surface area contributed by atoms with Gasteiger partial charge in [0.25, 0.3) is 0 Å². The molecule has 2 rings (SSSR count). The molecule has 2 aliphatic rings. The molecular formula is C12H26N2O. The molecule has 0 atom stereocenters. The first-order valence-electron chi connectivity index (χ1n) is 6.33. The maximum Gasteiger partial charge on any atom is 0.0645 e. The van der Waals surface area contributed by atoms with Gasteiger partial charge in [-0.3, -0.25) is 9.80 Å². The van der Waals surface area contributed by atoms with Gasteiger partial charge in [0, 0.05) is 32.2 Å². The molecule has 2 fully saturated rings. The van der Waals surface area contributed by atoms with E-state index in [1.165, 1.54) is 26.2 Å². The van der Waals surface area contributed by atoms with Crippen LogP contribution in [0.2, 0.25) is 0 Å². The Morgan fingerprint density at radius 3 is 1.87 bits per heavy atom. The van der Waals surface area contributed by atoms with Crippen LogP contribution >= 0.6 is 0 Å². The molecule has 0 aliphatic carbocycles. The van der Waals surface area contributed by atoms with Gasteiger partial charge in [-0.1, -0.05) is 13.8 Å². The number of rotatable bonds is 2. The Kier molecular flexibility index (Phi) is 5.58. The van der Waals surface area contributed by atoms with Gasteiger partial charge in [0.15, 0.2) is 0 Å². The zero-order valence-electron chi connectivity index (χ0n) is 10.7. The zero-order valence-corrected chi connectivity index (χ0v) is 10.7. The molecule has 2 saturated heterocycles. The van der Waals surface area contributed by atoms with Gasteiger partial charge >= 0.3 is 0 Å². The lowest BCUT2D eigenvalue weighted by Gasteiger charge is -2.43. The molecule has 0 saturated carbocycles. The van der Waals surface area contributed by atoms with Gasteiger partial charge in [0.05, 0.1) is 19.3 Å². The first-order valence-corrected chi connectivity index (χ1v) is 6.33. The Labute approximate surface area is 94.4 Å². The SMILES string of the molecule is CC.CC(C)N1CCN(C2COC2)CC1. The highest BCUT2D eigenvalue weighted by molar-refractivity contribution is 4.82. The van der Waals surface area contributed by atoms with Crippen LogP contribution in [0.25, 0.3) is 0 Å². The largest absolute Gasteiger partial charge is 0.378 e. The van der Waals surface area contributed by atoms with E-state index in [-0.39, 0.29) is 0 Å². The van der Waals surface area contributed by atoms with E-state index in [9.17, 15) is 0 Å². The third kappa shape index (κ3) is 3.44. The quantitative estimate of drug-likeness (QED) is 0.692. The monoisotopic (exact) mass is 214 g/mol. The molecule has 2 heterocycles. The standard InChI is InChI=1S/C10H20N2O.C2H6/c1-9(2)11-3-5-12(6-4-11)10-7-13-8-10;1-2/h9-10H,3-8H2,1-2H3;1-2H3. The van der Waals surface area contributed by atoms with Crippen molar-refractivity contribution in [1.29, 1.82) is 0 Å². The van der Waals surface area contributed by atoms with Crippen LogP contribution in [0.3, 0.4) is 0 Å². The van der Waals surface area contributed by atoms with E-state index in [0.717, 1.165) is 19.3 Å². The Bertz CT molecular complexity index is 161. The fraction of sp³-hybridized carbons (Fsp3) is 1.00. The van der Waals surface area contributed by atoms with Crippen molar-refractivity contribution in [3.63, 3.8) is 0 Å². The third-order valence-corrected chi connectivity index (χ3v) is 3.22. The second kappa shape index (κ2) is 6.46. The lowest BCUT2D eigenvalue weighted by molar-refractivity contribution is -0.0787. The highest BCUT2D eigenvalue weighted by Crippen LogP contribution is 2.14. The highest BCUT2D eigenvalue weighted by Gasteiger charge is 2.29. The molecule has 0 aromatic rings. The molecule has 90 valence electrons. The molecule has 0 N–H and O–H groups in total. The normalized spacial score (nSPS) is 24.6. The van der Waals surface area contributed by atoms with E-state index in [0.29, 0.717) is 6.04 Å². The minimum absolute atomic E-state index is 0.708. The molecule has 3 nitrogen and oxygen atoms in total. The van der Waals surface area contributed by atoms with Crippen molar-refractivity contribution in [2.45, 2.75) is 39.8 Å². The van der Waals surface area contributed by atoms with Crippen molar-refractivity contribution in [3.05, 3.63) is 0 Å². The minimum atomic E-state index is 0.708. The average molecular weight is 214 g/mol. The molecule has 0 radical (unpaired) electrons. The van der Waals surface area contributed by atoms with Gasteiger partial charge in [-0.2, -0.15) is 0 Å². The van der Waals surface area contributed by atoms with Crippen molar-refractivity contribution < 1.29 is 4.74 Å². The van der Waals surface area contributed by atoms with E-state index in [2.05, 4.69) is 23.6 Å². The van der Waals surface area contributed by atoms with Crippen LogP contribution in [0, 0.1) is 0 Å². The molecule has 3 heteroatoms. The number of ether oxygens (including phenoxy) is 1. The molecule has 0 aromatic carbocycles. The Balaban J connectivity index is 0.000000531. The molecule has 0 amide bonds. The molecular weight excluding hydrogens is 188 g/mol. The van der Waals surface area contributed by atoms with E-state index >= 15 is 0 Å². The average Bonchev–Trinajstić information content (AvgIpc) is 2.19. The lowest BCUT2D eigenvalue weighted by atomic mass is 10.1. The summed E-state index contributed by atoms with van der Waals surface area (Å²) in [6.07, 6.45) is 0. The van der Waals surface area contributed by atoms with E-state index < -0.39 is 0 Å². The van der Waals surface area contributed by atoms with E-state index in [1.807, 2.05) is 13.8 Å². The summed E-state index contributed by atoms with van der Waals surface area (Å²) in [6, 6.07) is 1.44.